The van der Waals surface area contributed by atoms with E-state index in [1.165, 1.54) is 12.1 Å². The molecule has 0 N–H and O–H groups in total. The topological polar surface area (TPSA) is 33.0 Å². The van der Waals surface area contributed by atoms with Gasteiger partial charge < -0.3 is 4.74 Å². The maximum atomic E-state index is 12.5. The Kier molecular flexibility index (Phi) is 3.56. The lowest BCUT2D eigenvalue weighted by Crippen LogP contribution is -2.41. The van der Waals surface area contributed by atoms with Gasteiger partial charge in [-0.25, -0.2) is 0 Å². The molecule has 0 aromatic heterocycles. The van der Waals surface area contributed by atoms with Crippen molar-refractivity contribution in [2.24, 2.45) is 0 Å². The minimum absolute atomic E-state index is 0.159. The molecule has 0 aliphatic heterocycles. The molecule has 0 aliphatic carbocycles. The Morgan fingerprint density at radius 2 is 1.59 bits per heavy atom. The van der Waals surface area contributed by atoms with E-state index in [2.05, 4.69) is 4.74 Å². The van der Waals surface area contributed by atoms with Crippen LogP contribution >= 0.6 is 0 Å². The Balaban J connectivity index is 2.65. The molecular formula is C10H6F5NO. The van der Waals surface area contributed by atoms with Crippen LogP contribution in [0, 0.1) is 11.3 Å². The molecule has 1 aromatic rings. The second kappa shape index (κ2) is 4.57. The predicted octanol–water partition coefficient (Wildman–Crippen LogP) is 3.13. The number of benzene rings is 1. The second-order valence-electron chi connectivity index (χ2n) is 3.13. The van der Waals surface area contributed by atoms with E-state index in [9.17, 15) is 22.0 Å². The Bertz CT molecular complexity index is 418. The summed E-state index contributed by atoms with van der Waals surface area (Å²) in [6.07, 6.45) is -5.64. The number of hydrogen-bond acceptors (Lipinski definition) is 2. The maximum Gasteiger partial charge on any atom is 0.456 e. The highest BCUT2D eigenvalue weighted by Gasteiger charge is 2.58. The summed E-state index contributed by atoms with van der Waals surface area (Å²) in [7, 11) is 0. The van der Waals surface area contributed by atoms with Crippen molar-refractivity contribution in [3.05, 3.63) is 29.8 Å². The second-order valence-corrected chi connectivity index (χ2v) is 3.13. The van der Waals surface area contributed by atoms with Gasteiger partial charge in [-0.15, -0.1) is 0 Å². The first-order chi connectivity index (χ1) is 7.76. The summed E-state index contributed by atoms with van der Waals surface area (Å²) in [5.74, 6) is -5.06. The Morgan fingerprint density at radius 1 is 1.06 bits per heavy atom. The molecule has 0 bridgehead atoms. The predicted molar refractivity (Wildman–Crippen MR) is 47.7 cm³/mol. The monoisotopic (exact) mass is 251 g/mol. The first-order valence-corrected chi connectivity index (χ1v) is 4.34. The van der Waals surface area contributed by atoms with Gasteiger partial charge in [0.2, 0.25) is 0 Å². The zero-order chi connectivity index (χ0) is 13.1. The first kappa shape index (κ1) is 13.2. The number of ether oxygens (including phenoxy) is 1. The fraction of sp³-hybridized carbons (Fsp3) is 0.300. The van der Waals surface area contributed by atoms with E-state index in [-0.39, 0.29) is 11.3 Å². The molecule has 2 nitrogen and oxygen atoms in total. The summed E-state index contributed by atoms with van der Waals surface area (Å²) in [4.78, 5) is 0. The van der Waals surface area contributed by atoms with Crippen molar-refractivity contribution in [2.75, 3.05) is 6.61 Å². The molecule has 92 valence electrons. The number of nitrogens with zero attached hydrogens (tertiary/aromatic N) is 1. The van der Waals surface area contributed by atoms with Gasteiger partial charge in [0.25, 0.3) is 0 Å². The zero-order valence-corrected chi connectivity index (χ0v) is 8.26. The van der Waals surface area contributed by atoms with Crippen molar-refractivity contribution < 1.29 is 26.7 Å². The van der Waals surface area contributed by atoms with Crippen LogP contribution in [-0.2, 0) is 0 Å². The molecular weight excluding hydrogens is 245 g/mol. The van der Waals surface area contributed by atoms with Crippen LogP contribution in [0.1, 0.15) is 5.56 Å². The molecule has 0 fully saturated rings. The molecule has 0 saturated carbocycles. The Labute approximate surface area is 93.2 Å². The van der Waals surface area contributed by atoms with E-state index in [1.54, 1.807) is 6.07 Å². The summed E-state index contributed by atoms with van der Waals surface area (Å²) in [5, 5.41) is 8.43. The van der Waals surface area contributed by atoms with Crippen LogP contribution < -0.4 is 4.74 Å². The van der Waals surface area contributed by atoms with Gasteiger partial charge in [-0.05, 0) is 24.3 Å². The largest absolute Gasteiger partial charge is 0.487 e. The molecule has 0 saturated heterocycles. The van der Waals surface area contributed by atoms with Gasteiger partial charge in [-0.1, -0.05) is 0 Å². The van der Waals surface area contributed by atoms with Gasteiger partial charge in [-0.3, -0.25) is 0 Å². The van der Waals surface area contributed by atoms with Crippen molar-refractivity contribution in [1.29, 1.82) is 5.26 Å². The molecule has 0 atom stereocenters. The molecule has 0 heterocycles. The van der Waals surface area contributed by atoms with Gasteiger partial charge in [0, 0.05) is 0 Å². The summed E-state index contributed by atoms with van der Waals surface area (Å²) in [5.41, 5.74) is 0.250. The third kappa shape index (κ3) is 3.31. The van der Waals surface area contributed by atoms with Crippen molar-refractivity contribution >= 4 is 0 Å². The smallest absolute Gasteiger partial charge is 0.456 e. The number of hydrogen-bond donors (Lipinski definition) is 0. The van der Waals surface area contributed by atoms with E-state index < -0.39 is 18.7 Å². The van der Waals surface area contributed by atoms with E-state index in [4.69, 9.17) is 5.26 Å². The highest BCUT2D eigenvalue weighted by molar-refractivity contribution is 5.34. The summed E-state index contributed by atoms with van der Waals surface area (Å²) < 4.78 is 64.6. The van der Waals surface area contributed by atoms with Crippen LogP contribution in [0.15, 0.2) is 24.3 Å². The molecule has 0 aliphatic rings. The van der Waals surface area contributed by atoms with E-state index >= 15 is 0 Å². The van der Waals surface area contributed by atoms with Crippen LogP contribution in [0.25, 0.3) is 0 Å². The third-order valence-electron chi connectivity index (χ3n) is 1.82. The number of nitriles is 1. The fourth-order valence-corrected chi connectivity index (χ4v) is 0.882. The minimum atomic E-state index is -5.64. The lowest BCUT2D eigenvalue weighted by Gasteiger charge is -2.19. The lowest BCUT2D eigenvalue weighted by atomic mass is 10.2. The van der Waals surface area contributed by atoms with Crippen LogP contribution in [-0.4, -0.2) is 18.7 Å². The zero-order valence-electron chi connectivity index (χ0n) is 8.26. The summed E-state index contributed by atoms with van der Waals surface area (Å²) in [6.45, 7) is -1.79. The van der Waals surface area contributed by atoms with Crippen molar-refractivity contribution in [3.8, 4) is 11.8 Å². The van der Waals surface area contributed by atoms with Gasteiger partial charge in [0.1, 0.15) is 5.75 Å². The molecule has 7 heteroatoms. The van der Waals surface area contributed by atoms with Crippen molar-refractivity contribution in [1.82, 2.24) is 0 Å². The van der Waals surface area contributed by atoms with Gasteiger partial charge in [0.05, 0.1) is 11.6 Å². The van der Waals surface area contributed by atoms with E-state index in [0.717, 1.165) is 12.1 Å². The molecule has 17 heavy (non-hydrogen) atoms. The molecule has 1 aromatic carbocycles. The van der Waals surface area contributed by atoms with Gasteiger partial charge >= 0.3 is 12.1 Å². The van der Waals surface area contributed by atoms with Crippen molar-refractivity contribution in [3.63, 3.8) is 0 Å². The molecule has 0 radical (unpaired) electrons. The average Bonchev–Trinajstić information content (AvgIpc) is 2.25. The average molecular weight is 251 g/mol. The highest BCUT2D eigenvalue weighted by Crippen LogP contribution is 2.35. The normalized spacial score (nSPS) is 12.0. The number of halogens is 5. The standard InChI is InChI=1S/C10H6F5NO/c11-9(12,10(13,14)15)6-17-8-3-1-7(5-16)2-4-8/h1-4H,6H2. The van der Waals surface area contributed by atoms with Gasteiger partial charge in [0.15, 0.2) is 6.61 Å². The van der Waals surface area contributed by atoms with Crippen molar-refractivity contribution in [2.45, 2.75) is 12.1 Å². The third-order valence-corrected chi connectivity index (χ3v) is 1.82. The van der Waals surface area contributed by atoms with Crippen LogP contribution in [0.4, 0.5) is 22.0 Å². The number of rotatable bonds is 3. The van der Waals surface area contributed by atoms with Crippen LogP contribution in [0.3, 0.4) is 0 Å². The SMILES string of the molecule is N#Cc1ccc(OCC(F)(F)C(F)(F)F)cc1. The maximum absolute atomic E-state index is 12.5. The molecule has 1 rings (SSSR count). The number of alkyl halides is 5. The van der Waals surface area contributed by atoms with Crippen LogP contribution in [0.5, 0.6) is 5.75 Å². The van der Waals surface area contributed by atoms with E-state index in [1.807, 2.05) is 0 Å². The molecule has 0 spiro atoms. The quantitative estimate of drug-likeness (QED) is 0.773. The Hall–Kier alpha value is -1.84. The molecule has 0 unspecified atom stereocenters. The molecule has 0 amide bonds. The highest BCUT2D eigenvalue weighted by atomic mass is 19.4. The van der Waals surface area contributed by atoms with Gasteiger partial charge in [-0.2, -0.15) is 27.2 Å². The van der Waals surface area contributed by atoms with Crippen LogP contribution in [0.2, 0.25) is 0 Å². The first-order valence-electron chi connectivity index (χ1n) is 4.34. The minimum Gasteiger partial charge on any atom is -0.487 e. The lowest BCUT2D eigenvalue weighted by molar-refractivity contribution is -0.290. The summed E-state index contributed by atoms with van der Waals surface area (Å²) in [6, 6.07) is 6.56. The summed E-state index contributed by atoms with van der Waals surface area (Å²) >= 11 is 0. The van der Waals surface area contributed by atoms with E-state index in [0.29, 0.717) is 0 Å². The fourth-order valence-electron chi connectivity index (χ4n) is 0.882. The Morgan fingerprint density at radius 3 is 2.00 bits per heavy atom.